The average Bonchev–Trinajstić information content (AvgIpc) is 2.18. The van der Waals surface area contributed by atoms with Crippen molar-refractivity contribution in [1.29, 1.82) is 0 Å². The van der Waals surface area contributed by atoms with E-state index in [-0.39, 0.29) is 5.82 Å². The van der Waals surface area contributed by atoms with Crippen LogP contribution in [-0.2, 0) is 4.79 Å². The number of aromatic nitrogens is 1. The van der Waals surface area contributed by atoms with Crippen LogP contribution in [0.25, 0.3) is 0 Å². The molecule has 0 saturated carbocycles. The number of nitrogens with one attached hydrogen (secondary N) is 1. The van der Waals surface area contributed by atoms with Gasteiger partial charge in [0.25, 0.3) is 5.91 Å². The number of carbonyl (C=O) groups is 1. The summed E-state index contributed by atoms with van der Waals surface area (Å²) < 4.78 is 26.4. The van der Waals surface area contributed by atoms with Crippen LogP contribution in [0.1, 0.15) is 13.8 Å². The smallest absolute Gasteiger partial charge is 0.305 e. The summed E-state index contributed by atoms with van der Waals surface area (Å²) in [5.74, 6) is -5.61. The Morgan fingerprint density at radius 2 is 2.13 bits per heavy atom. The summed E-state index contributed by atoms with van der Waals surface area (Å²) in [7, 11) is 0. The molecule has 0 fully saturated rings. The Bertz CT molecular complexity index is 339. The normalized spacial score (nSPS) is 11.5. The second kappa shape index (κ2) is 4.33. The molecule has 1 aromatic heterocycles. The molecule has 0 aliphatic carbocycles. The number of hydrogen-bond donors (Lipinski definition) is 1. The number of hydrogen-bond acceptors (Lipinski definition) is 2. The standard InChI is InChI=1S/C10H12F2N2O/c1-7(2)10(11,12)9(15)14-8-5-3-4-6-13-8/h3-7H,1-2H3,(H,13,14,15). The average molecular weight is 214 g/mol. The van der Waals surface area contributed by atoms with Gasteiger partial charge in [0.1, 0.15) is 5.82 Å². The van der Waals surface area contributed by atoms with Crippen molar-refractivity contribution in [3.8, 4) is 0 Å². The first kappa shape index (κ1) is 11.6. The lowest BCUT2D eigenvalue weighted by molar-refractivity contribution is -0.145. The Kier molecular flexibility index (Phi) is 3.34. The first-order chi connectivity index (χ1) is 6.94. The van der Waals surface area contributed by atoms with Crippen molar-refractivity contribution in [2.24, 2.45) is 5.92 Å². The highest BCUT2D eigenvalue weighted by Crippen LogP contribution is 2.25. The van der Waals surface area contributed by atoms with Gasteiger partial charge < -0.3 is 5.32 Å². The zero-order valence-corrected chi connectivity index (χ0v) is 8.50. The van der Waals surface area contributed by atoms with E-state index < -0.39 is 17.7 Å². The SMILES string of the molecule is CC(C)C(F)(F)C(=O)Nc1ccccn1. The van der Waals surface area contributed by atoms with E-state index in [1.807, 2.05) is 0 Å². The van der Waals surface area contributed by atoms with Crippen LogP contribution in [0, 0.1) is 5.92 Å². The van der Waals surface area contributed by atoms with Crippen molar-refractivity contribution in [1.82, 2.24) is 4.98 Å². The topological polar surface area (TPSA) is 42.0 Å². The summed E-state index contributed by atoms with van der Waals surface area (Å²) in [6.07, 6.45) is 1.42. The highest BCUT2D eigenvalue weighted by Gasteiger charge is 2.42. The summed E-state index contributed by atoms with van der Waals surface area (Å²) in [6, 6.07) is 4.70. The second-order valence-electron chi connectivity index (χ2n) is 3.45. The van der Waals surface area contributed by atoms with E-state index in [0.717, 1.165) is 0 Å². The van der Waals surface area contributed by atoms with Crippen LogP contribution in [0.3, 0.4) is 0 Å². The van der Waals surface area contributed by atoms with E-state index in [1.165, 1.54) is 26.1 Å². The van der Waals surface area contributed by atoms with Crippen LogP contribution in [0.5, 0.6) is 0 Å². The molecule has 3 nitrogen and oxygen atoms in total. The third kappa shape index (κ3) is 2.71. The lowest BCUT2D eigenvalue weighted by Gasteiger charge is -2.18. The van der Waals surface area contributed by atoms with Gasteiger partial charge in [0.15, 0.2) is 0 Å². The van der Waals surface area contributed by atoms with Crippen LogP contribution in [0.4, 0.5) is 14.6 Å². The molecular weight excluding hydrogens is 202 g/mol. The molecule has 0 aliphatic rings. The van der Waals surface area contributed by atoms with Gasteiger partial charge in [-0.05, 0) is 12.1 Å². The van der Waals surface area contributed by atoms with Crippen LogP contribution in [0.2, 0.25) is 0 Å². The first-order valence-electron chi connectivity index (χ1n) is 4.55. The molecule has 0 atom stereocenters. The monoisotopic (exact) mass is 214 g/mol. The van der Waals surface area contributed by atoms with Crippen molar-refractivity contribution >= 4 is 11.7 Å². The van der Waals surface area contributed by atoms with Crippen molar-refractivity contribution in [3.05, 3.63) is 24.4 Å². The Labute approximate surface area is 86.5 Å². The molecule has 0 bridgehead atoms. The van der Waals surface area contributed by atoms with E-state index in [0.29, 0.717) is 0 Å². The van der Waals surface area contributed by atoms with Gasteiger partial charge in [-0.15, -0.1) is 0 Å². The number of rotatable bonds is 3. The van der Waals surface area contributed by atoms with Crippen molar-refractivity contribution in [3.63, 3.8) is 0 Å². The molecule has 0 aliphatic heterocycles. The largest absolute Gasteiger partial charge is 0.327 e. The maximum Gasteiger partial charge on any atom is 0.327 e. The van der Waals surface area contributed by atoms with Gasteiger partial charge in [0, 0.05) is 12.1 Å². The van der Waals surface area contributed by atoms with Gasteiger partial charge in [0.05, 0.1) is 0 Å². The Morgan fingerprint density at radius 3 is 2.60 bits per heavy atom. The molecular formula is C10H12F2N2O. The predicted molar refractivity (Wildman–Crippen MR) is 52.7 cm³/mol. The van der Waals surface area contributed by atoms with Crippen molar-refractivity contribution < 1.29 is 13.6 Å². The highest BCUT2D eigenvalue weighted by molar-refractivity contribution is 5.95. The molecule has 1 aromatic rings. The summed E-state index contributed by atoms with van der Waals surface area (Å²) in [6.45, 7) is 2.58. The summed E-state index contributed by atoms with van der Waals surface area (Å²) in [4.78, 5) is 14.9. The Morgan fingerprint density at radius 1 is 1.47 bits per heavy atom. The van der Waals surface area contributed by atoms with Crippen LogP contribution in [0.15, 0.2) is 24.4 Å². The van der Waals surface area contributed by atoms with E-state index in [9.17, 15) is 13.6 Å². The van der Waals surface area contributed by atoms with Crippen LogP contribution in [-0.4, -0.2) is 16.8 Å². The maximum absolute atomic E-state index is 13.2. The number of carbonyl (C=O) groups excluding carboxylic acids is 1. The third-order valence-corrected chi connectivity index (χ3v) is 1.93. The minimum absolute atomic E-state index is 0.128. The fraction of sp³-hybridized carbons (Fsp3) is 0.400. The zero-order valence-electron chi connectivity index (χ0n) is 8.50. The number of amides is 1. The molecule has 0 radical (unpaired) electrons. The number of halogens is 2. The van der Waals surface area contributed by atoms with E-state index in [1.54, 1.807) is 12.1 Å². The van der Waals surface area contributed by atoms with Gasteiger partial charge in [-0.3, -0.25) is 4.79 Å². The van der Waals surface area contributed by atoms with Crippen molar-refractivity contribution in [2.75, 3.05) is 5.32 Å². The summed E-state index contributed by atoms with van der Waals surface area (Å²) >= 11 is 0. The Hall–Kier alpha value is -1.52. The molecule has 0 spiro atoms. The number of nitrogens with zero attached hydrogens (tertiary/aromatic N) is 1. The molecule has 1 heterocycles. The molecule has 1 rings (SSSR count). The third-order valence-electron chi connectivity index (χ3n) is 1.93. The summed E-state index contributed by atoms with van der Waals surface area (Å²) in [5.41, 5.74) is 0. The fourth-order valence-electron chi connectivity index (χ4n) is 0.899. The minimum Gasteiger partial charge on any atom is -0.305 e. The fourth-order valence-corrected chi connectivity index (χ4v) is 0.899. The van der Waals surface area contributed by atoms with Crippen molar-refractivity contribution in [2.45, 2.75) is 19.8 Å². The molecule has 15 heavy (non-hydrogen) atoms. The lowest BCUT2D eigenvalue weighted by atomic mass is 10.1. The zero-order chi connectivity index (χ0) is 11.5. The molecule has 0 saturated heterocycles. The van der Waals surface area contributed by atoms with E-state index >= 15 is 0 Å². The second-order valence-corrected chi connectivity index (χ2v) is 3.45. The highest BCUT2D eigenvalue weighted by atomic mass is 19.3. The Balaban J connectivity index is 2.72. The van der Waals surface area contributed by atoms with E-state index in [2.05, 4.69) is 10.3 Å². The van der Waals surface area contributed by atoms with Gasteiger partial charge in [-0.25, -0.2) is 4.98 Å². The molecule has 0 unspecified atom stereocenters. The maximum atomic E-state index is 13.2. The van der Waals surface area contributed by atoms with Crippen LogP contribution < -0.4 is 5.32 Å². The molecule has 82 valence electrons. The molecule has 5 heteroatoms. The molecule has 1 amide bonds. The summed E-state index contributed by atoms with van der Waals surface area (Å²) in [5, 5.41) is 2.06. The number of alkyl halides is 2. The first-order valence-corrected chi connectivity index (χ1v) is 4.55. The van der Waals surface area contributed by atoms with E-state index in [4.69, 9.17) is 0 Å². The van der Waals surface area contributed by atoms with Gasteiger partial charge in [-0.1, -0.05) is 19.9 Å². The predicted octanol–water partition coefficient (Wildman–Crippen LogP) is 2.31. The molecule has 1 N–H and O–H groups in total. The van der Waals surface area contributed by atoms with Crippen LogP contribution >= 0.6 is 0 Å². The van der Waals surface area contributed by atoms with Gasteiger partial charge in [0.2, 0.25) is 0 Å². The van der Waals surface area contributed by atoms with Gasteiger partial charge >= 0.3 is 5.92 Å². The number of anilines is 1. The minimum atomic E-state index is -3.38. The lowest BCUT2D eigenvalue weighted by Crippen LogP contribution is -2.39. The van der Waals surface area contributed by atoms with Gasteiger partial charge in [-0.2, -0.15) is 8.78 Å². The number of pyridine rings is 1. The molecule has 0 aromatic carbocycles. The quantitative estimate of drug-likeness (QED) is 0.838.